The SMILES string of the molecule is CC(C)NCc1nnc(NC(C)(C)c2nccs2)o1. The zero-order valence-corrected chi connectivity index (χ0v) is 12.4. The Bertz CT molecular complexity index is 506. The van der Waals surface area contributed by atoms with Gasteiger partial charge in [0.2, 0.25) is 5.89 Å². The van der Waals surface area contributed by atoms with E-state index in [0.717, 1.165) is 5.01 Å². The Morgan fingerprint density at radius 3 is 2.79 bits per heavy atom. The van der Waals surface area contributed by atoms with E-state index < -0.39 is 0 Å². The molecule has 0 spiro atoms. The van der Waals surface area contributed by atoms with Crippen LogP contribution in [0.15, 0.2) is 16.0 Å². The van der Waals surface area contributed by atoms with Crippen molar-refractivity contribution in [3.63, 3.8) is 0 Å². The van der Waals surface area contributed by atoms with Crippen molar-refractivity contribution in [2.75, 3.05) is 5.32 Å². The van der Waals surface area contributed by atoms with Crippen molar-refractivity contribution in [2.24, 2.45) is 0 Å². The van der Waals surface area contributed by atoms with E-state index in [9.17, 15) is 0 Å². The maximum absolute atomic E-state index is 5.55. The summed E-state index contributed by atoms with van der Waals surface area (Å²) in [5.74, 6) is 0.575. The van der Waals surface area contributed by atoms with Crippen molar-refractivity contribution in [1.82, 2.24) is 20.5 Å². The molecule has 0 amide bonds. The number of aromatic nitrogens is 3. The van der Waals surface area contributed by atoms with E-state index in [4.69, 9.17) is 4.42 Å². The number of anilines is 1. The van der Waals surface area contributed by atoms with Crippen molar-refractivity contribution >= 4 is 17.4 Å². The summed E-state index contributed by atoms with van der Waals surface area (Å²) in [7, 11) is 0. The largest absolute Gasteiger partial charge is 0.407 e. The van der Waals surface area contributed by atoms with Gasteiger partial charge in [-0.1, -0.05) is 18.9 Å². The first-order chi connectivity index (χ1) is 8.97. The average molecular weight is 281 g/mol. The molecule has 6 nitrogen and oxygen atoms in total. The quantitative estimate of drug-likeness (QED) is 0.846. The van der Waals surface area contributed by atoms with Gasteiger partial charge in [-0.2, -0.15) is 0 Å². The molecule has 104 valence electrons. The average Bonchev–Trinajstić information content (AvgIpc) is 2.96. The Kier molecular flexibility index (Phi) is 4.16. The Labute approximate surface area is 116 Å². The molecule has 0 aliphatic rings. The summed E-state index contributed by atoms with van der Waals surface area (Å²) in [6, 6.07) is 0.802. The van der Waals surface area contributed by atoms with Crippen molar-refractivity contribution in [3.8, 4) is 0 Å². The number of rotatable bonds is 6. The van der Waals surface area contributed by atoms with Gasteiger partial charge in [0, 0.05) is 17.6 Å². The minimum absolute atomic E-state index is 0.330. The van der Waals surface area contributed by atoms with Crippen LogP contribution >= 0.6 is 11.3 Å². The minimum atomic E-state index is -0.330. The lowest BCUT2D eigenvalue weighted by molar-refractivity contribution is 0.447. The summed E-state index contributed by atoms with van der Waals surface area (Å²) in [4.78, 5) is 4.30. The zero-order chi connectivity index (χ0) is 13.9. The van der Waals surface area contributed by atoms with Gasteiger partial charge >= 0.3 is 6.01 Å². The van der Waals surface area contributed by atoms with Gasteiger partial charge in [0.25, 0.3) is 0 Å². The van der Waals surface area contributed by atoms with E-state index in [1.165, 1.54) is 0 Å². The summed E-state index contributed by atoms with van der Waals surface area (Å²) in [5.41, 5.74) is -0.330. The number of hydrogen-bond acceptors (Lipinski definition) is 7. The van der Waals surface area contributed by atoms with Crippen molar-refractivity contribution in [3.05, 3.63) is 22.5 Å². The summed E-state index contributed by atoms with van der Waals surface area (Å²) in [5, 5.41) is 17.4. The molecule has 2 N–H and O–H groups in total. The predicted molar refractivity (Wildman–Crippen MR) is 75.0 cm³/mol. The van der Waals surface area contributed by atoms with E-state index >= 15 is 0 Å². The van der Waals surface area contributed by atoms with Crippen LogP contribution in [0, 0.1) is 0 Å². The fourth-order valence-corrected chi connectivity index (χ4v) is 2.24. The third-order valence-corrected chi connectivity index (χ3v) is 3.61. The monoisotopic (exact) mass is 281 g/mol. The molecule has 2 rings (SSSR count). The molecule has 0 saturated carbocycles. The highest BCUT2D eigenvalue weighted by Gasteiger charge is 2.25. The maximum atomic E-state index is 5.55. The lowest BCUT2D eigenvalue weighted by Crippen LogP contribution is -2.27. The highest BCUT2D eigenvalue weighted by Crippen LogP contribution is 2.26. The van der Waals surface area contributed by atoms with E-state index in [-0.39, 0.29) is 5.54 Å². The zero-order valence-electron chi connectivity index (χ0n) is 11.6. The number of thiazole rings is 1. The van der Waals surface area contributed by atoms with Crippen LogP contribution < -0.4 is 10.6 Å². The maximum Gasteiger partial charge on any atom is 0.316 e. The van der Waals surface area contributed by atoms with E-state index in [1.807, 2.05) is 19.2 Å². The third kappa shape index (κ3) is 3.74. The molecule has 7 heteroatoms. The summed E-state index contributed by atoms with van der Waals surface area (Å²) >= 11 is 1.59. The van der Waals surface area contributed by atoms with E-state index in [2.05, 4.69) is 39.7 Å². The molecule has 0 bridgehead atoms. The van der Waals surface area contributed by atoms with Gasteiger partial charge in [0.15, 0.2) is 0 Å². The molecular weight excluding hydrogens is 262 g/mol. The second-order valence-electron chi connectivity index (χ2n) is 5.12. The molecule has 0 atom stereocenters. The van der Waals surface area contributed by atoms with Gasteiger partial charge in [-0.3, -0.25) is 0 Å². The van der Waals surface area contributed by atoms with Crippen molar-refractivity contribution < 1.29 is 4.42 Å². The van der Waals surface area contributed by atoms with Crippen molar-refractivity contribution in [1.29, 1.82) is 0 Å². The van der Waals surface area contributed by atoms with Gasteiger partial charge in [-0.05, 0) is 13.8 Å². The second-order valence-corrected chi connectivity index (χ2v) is 6.02. The molecule has 19 heavy (non-hydrogen) atoms. The Hall–Kier alpha value is -1.47. The van der Waals surface area contributed by atoms with Crippen LogP contribution in [0.3, 0.4) is 0 Å². The summed E-state index contributed by atoms with van der Waals surface area (Å²) in [6.45, 7) is 8.77. The van der Waals surface area contributed by atoms with Gasteiger partial charge in [0.1, 0.15) is 5.01 Å². The molecule has 0 aliphatic carbocycles. The van der Waals surface area contributed by atoms with Crippen LogP contribution in [0.4, 0.5) is 6.01 Å². The van der Waals surface area contributed by atoms with Crippen molar-refractivity contribution in [2.45, 2.75) is 45.8 Å². The molecule has 0 saturated heterocycles. The van der Waals surface area contributed by atoms with Gasteiger partial charge in [-0.25, -0.2) is 4.98 Å². The van der Waals surface area contributed by atoms with Crippen LogP contribution in [-0.2, 0) is 12.1 Å². The van der Waals surface area contributed by atoms with E-state index in [0.29, 0.717) is 24.5 Å². The number of nitrogens with one attached hydrogen (secondary N) is 2. The fourth-order valence-electron chi connectivity index (χ4n) is 1.52. The summed E-state index contributed by atoms with van der Waals surface area (Å²) < 4.78 is 5.55. The Morgan fingerprint density at radius 2 is 2.16 bits per heavy atom. The Balaban J connectivity index is 2.00. The summed E-state index contributed by atoms with van der Waals surface area (Å²) in [6.07, 6.45) is 1.79. The van der Waals surface area contributed by atoms with Crippen LogP contribution in [0.5, 0.6) is 0 Å². The molecule has 2 aromatic heterocycles. The first-order valence-electron chi connectivity index (χ1n) is 6.21. The minimum Gasteiger partial charge on any atom is -0.407 e. The van der Waals surface area contributed by atoms with Gasteiger partial charge < -0.3 is 15.1 Å². The third-order valence-electron chi connectivity index (χ3n) is 2.51. The predicted octanol–water partition coefficient (Wildman–Crippen LogP) is 2.37. The first kappa shape index (κ1) is 14.0. The molecule has 0 fully saturated rings. The molecule has 0 unspecified atom stereocenters. The normalized spacial score (nSPS) is 12.1. The molecule has 2 heterocycles. The standard InChI is InChI=1S/C12H19N5OS/c1-8(2)14-7-9-16-17-11(18-9)15-12(3,4)10-13-5-6-19-10/h5-6,8,14H,7H2,1-4H3,(H,15,17). The highest BCUT2D eigenvalue weighted by atomic mass is 32.1. The molecular formula is C12H19N5OS. The molecule has 0 aliphatic heterocycles. The van der Waals surface area contributed by atoms with Gasteiger partial charge in [-0.15, -0.1) is 16.4 Å². The van der Waals surface area contributed by atoms with Gasteiger partial charge in [0.05, 0.1) is 12.1 Å². The molecule has 0 aromatic carbocycles. The smallest absolute Gasteiger partial charge is 0.316 e. The lowest BCUT2D eigenvalue weighted by Gasteiger charge is -2.21. The molecule has 0 radical (unpaired) electrons. The van der Waals surface area contributed by atoms with Crippen LogP contribution in [0.1, 0.15) is 38.6 Å². The first-order valence-corrected chi connectivity index (χ1v) is 7.09. The van der Waals surface area contributed by atoms with Crippen LogP contribution in [-0.4, -0.2) is 21.2 Å². The number of nitrogens with zero attached hydrogens (tertiary/aromatic N) is 3. The Morgan fingerprint density at radius 1 is 1.37 bits per heavy atom. The number of hydrogen-bond donors (Lipinski definition) is 2. The van der Waals surface area contributed by atoms with Crippen LogP contribution in [0.2, 0.25) is 0 Å². The highest BCUT2D eigenvalue weighted by molar-refractivity contribution is 7.09. The molecule has 2 aromatic rings. The van der Waals surface area contributed by atoms with Crippen LogP contribution in [0.25, 0.3) is 0 Å². The van der Waals surface area contributed by atoms with E-state index in [1.54, 1.807) is 17.5 Å². The topological polar surface area (TPSA) is 75.9 Å². The lowest BCUT2D eigenvalue weighted by atomic mass is 10.1. The fraction of sp³-hybridized carbons (Fsp3) is 0.583. The second kappa shape index (κ2) is 5.66.